The number of piperidine rings is 1. The molecule has 1 saturated heterocycles. The van der Waals surface area contributed by atoms with E-state index in [2.05, 4.69) is 20.4 Å². The van der Waals surface area contributed by atoms with Crippen molar-refractivity contribution in [2.24, 2.45) is 5.92 Å². The van der Waals surface area contributed by atoms with Crippen LogP contribution in [0.1, 0.15) is 37.8 Å². The number of nitrogens with zero attached hydrogens (tertiary/aromatic N) is 3. The zero-order chi connectivity index (χ0) is 24.2. The van der Waals surface area contributed by atoms with Gasteiger partial charge in [-0.3, -0.25) is 4.79 Å². The summed E-state index contributed by atoms with van der Waals surface area (Å²) in [6.45, 7) is 8.04. The fourth-order valence-corrected chi connectivity index (χ4v) is 4.02. The fourth-order valence-electron chi connectivity index (χ4n) is 4.02. The smallest absolute Gasteiger partial charge is 0.416 e. The van der Waals surface area contributed by atoms with Crippen molar-refractivity contribution in [3.8, 4) is 17.0 Å². The first-order valence-electron chi connectivity index (χ1n) is 11.0. The van der Waals surface area contributed by atoms with E-state index >= 15 is 0 Å². The quantitative estimate of drug-likeness (QED) is 0.590. The molecule has 10 heteroatoms. The van der Waals surface area contributed by atoms with Gasteiger partial charge in [0.15, 0.2) is 0 Å². The molecule has 0 spiro atoms. The van der Waals surface area contributed by atoms with Gasteiger partial charge in [0.2, 0.25) is 0 Å². The molecule has 0 radical (unpaired) electrons. The van der Waals surface area contributed by atoms with Gasteiger partial charge in [0.05, 0.1) is 23.8 Å². The number of likely N-dealkylation sites (tertiary alicyclic amines) is 1. The van der Waals surface area contributed by atoms with E-state index in [-0.39, 0.29) is 23.5 Å². The summed E-state index contributed by atoms with van der Waals surface area (Å²) >= 11 is 0. The Morgan fingerprint density at radius 2 is 2.09 bits per heavy atom. The number of hydrogen-bond donors (Lipinski definition) is 2. The van der Waals surface area contributed by atoms with E-state index in [0.717, 1.165) is 32.0 Å². The van der Waals surface area contributed by atoms with Gasteiger partial charge in [0, 0.05) is 24.7 Å². The van der Waals surface area contributed by atoms with Crippen LogP contribution < -0.4 is 5.32 Å². The molecule has 0 bridgehead atoms. The Bertz CT molecular complexity index is 984. The number of aromatic nitrogens is 2. The highest BCUT2D eigenvalue weighted by atomic mass is 19.4. The van der Waals surface area contributed by atoms with Gasteiger partial charge in [-0.2, -0.15) is 13.2 Å². The van der Waals surface area contributed by atoms with Crippen LogP contribution in [0.5, 0.6) is 5.75 Å². The molecule has 0 saturated carbocycles. The highest BCUT2D eigenvalue weighted by molar-refractivity contribution is 5.72. The van der Waals surface area contributed by atoms with E-state index in [1.165, 1.54) is 6.07 Å². The predicted molar refractivity (Wildman–Crippen MR) is 118 cm³/mol. The third-order valence-electron chi connectivity index (χ3n) is 5.64. The molecule has 0 aliphatic carbocycles. The molecule has 1 aromatic carbocycles. The van der Waals surface area contributed by atoms with Crippen LogP contribution in [0, 0.1) is 12.8 Å². The second-order valence-corrected chi connectivity index (χ2v) is 8.39. The number of ether oxygens (including phenoxy) is 1. The lowest BCUT2D eigenvalue weighted by molar-refractivity contribution is -0.148. The molecule has 0 amide bonds. The Morgan fingerprint density at radius 1 is 1.33 bits per heavy atom. The van der Waals surface area contributed by atoms with Crippen molar-refractivity contribution in [2.75, 3.05) is 31.6 Å². The Kier molecular flexibility index (Phi) is 7.78. The summed E-state index contributed by atoms with van der Waals surface area (Å²) in [6, 6.07) is 4.69. The van der Waals surface area contributed by atoms with Crippen molar-refractivity contribution in [2.45, 2.75) is 45.8 Å². The monoisotopic (exact) mass is 466 g/mol. The lowest BCUT2D eigenvalue weighted by Crippen LogP contribution is -2.45. The summed E-state index contributed by atoms with van der Waals surface area (Å²) in [6.07, 6.45) is -2.63. The molecule has 2 atom stereocenters. The number of alkyl halides is 3. The third-order valence-corrected chi connectivity index (χ3v) is 5.64. The van der Waals surface area contributed by atoms with Crippen LogP contribution in [-0.2, 0) is 15.7 Å². The SMILES string of the molecule is CCOC(=O)[C@@H](C)CN1CCC[C@@H](Nc2cc(C)c(-c3ccc(C(F)(F)F)cc3O)nn2)C1. The van der Waals surface area contributed by atoms with Gasteiger partial charge in [-0.05, 0) is 63.1 Å². The molecule has 1 aliphatic rings. The van der Waals surface area contributed by atoms with Crippen LogP contribution >= 0.6 is 0 Å². The molecule has 2 heterocycles. The molecular weight excluding hydrogens is 437 g/mol. The summed E-state index contributed by atoms with van der Waals surface area (Å²) in [7, 11) is 0. The van der Waals surface area contributed by atoms with Crippen LogP contribution in [-0.4, -0.2) is 58.5 Å². The van der Waals surface area contributed by atoms with Crippen molar-refractivity contribution in [1.82, 2.24) is 15.1 Å². The van der Waals surface area contributed by atoms with Gasteiger partial charge in [0.1, 0.15) is 11.6 Å². The van der Waals surface area contributed by atoms with Crippen molar-refractivity contribution in [1.29, 1.82) is 0 Å². The molecule has 0 unspecified atom stereocenters. The number of phenolic OH excluding ortho intramolecular Hbond substituents is 1. The van der Waals surface area contributed by atoms with Crippen LogP contribution in [0.3, 0.4) is 0 Å². The van der Waals surface area contributed by atoms with Gasteiger partial charge < -0.3 is 20.1 Å². The summed E-state index contributed by atoms with van der Waals surface area (Å²) in [4.78, 5) is 14.1. The lowest BCUT2D eigenvalue weighted by Gasteiger charge is -2.34. The summed E-state index contributed by atoms with van der Waals surface area (Å²) in [5, 5.41) is 21.8. The summed E-state index contributed by atoms with van der Waals surface area (Å²) < 4.78 is 43.7. The van der Waals surface area contributed by atoms with Crippen LogP contribution in [0.15, 0.2) is 24.3 Å². The number of carbonyl (C=O) groups is 1. The number of aryl methyl sites for hydroxylation is 1. The van der Waals surface area contributed by atoms with Crippen LogP contribution in [0.4, 0.5) is 19.0 Å². The minimum absolute atomic E-state index is 0.118. The second-order valence-electron chi connectivity index (χ2n) is 8.39. The maximum Gasteiger partial charge on any atom is 0.416 e. The molecule has 2 aromatic rings. The number of nitrogens with one attached hydrogen (secondary N) is 1. The van der Waals surface area contributed by atoms with E-state index in [9.17, 15) is 23.1 Å². The van der Waals surface area contributed by atoms with Gasteiger partial charge in [-0.1, -0.05) is 6.92 Å². The summed E-state index contributed by atoms with van der Waals surface area (Å²) in [5.74, 6) is -0.355. The van der Waals surface area contributed by atoms with E-state index in [1.807, 2.05) is 6.92 Å². The number of rotatable bonds is 7. The maximum absolute atomic E-state index is 12.9. The maximum atomic E-state index is 12.9. The lowest BCUT2D eigenvalue weighted by atomic mass is 10.0. The molecule has 2 N–H and O–H groups in total. The second kappa shape index (κ2) is 10.4. The van der Waals surface area contributed by atoms with Crippen molar-refractivity contribution in [3.05, 3.63) is 35.4 Å². The zero-order valence-corrected chi connectivity index (χ0v) is 18.9. The Balaban J connectivity index is 1.66. The highest BCUT2D eigenvalue weighted by Gasteiger charge is 2.31. The van der Waals surface area contributed by atoms with Crippen LogP contribution in [0.25, 0.3) is 11.3 Å². The molecular formula is C23H29F3N4O3. The number of halogens is 3. The molecule has 3 rings (SSSR count). The number of anilines is 1. The fraction of sp³-hybridized carbons (Fsp3) is 0.522. The number of hydrogen-bond acceptors (Lipinski definition) is 7. The number of phenols is 1. The first-order chi connectivity index (χ1) is 15.6. The van der Waals surface area contributed by atoms with Crippen molar-refractivity contribution in [3.63, 3.8) is 0 Å². The van der Waals surface area contributed by atoms with E-state index in [0.29, 0.717) is 36.3 Å². The number of carbonyl (C=O) groups excluding carboxylic acids is 1. The van der Waals surface area contributed by atoms with Gasteiger partial charge in [-0.25, -0.2) is 0 Å². The number of aromatic hydroxyl groups is 1. The molecule has 1 aliphatic heterocycles. The third kappa shape index (κ3) is 6.34. The zero-order valence-electron chi connectivity index (χ0n) is 18.9. The van der Waals surface area contributed by atoms with E-state index in [1.54, 1.807) is 19.9 Å². The average Bonchev–Trinajstić information content (AvgIpc) is 2.74. The van der Waals surface area contributed by atoms with Gasteiger partial charge >= 0.3 is 12.1 Å². The number of benzene rings is 1. The van der Waals surface area contributed by atoms with Crippen molar-refractivity contribution < 1.29 is 27.8 Å². The highest BCUT2D eigenvalue weighted by Crippen LogP contribution is 2.36. The first kappa shape index (κ1) is 24.8. The normalized spacial score (nSPS) is 18.1. The molecule has 1 fully saturated rings. The topological polar surface area (TPSA) is 87.6 Å². The van der Waals surface area contributed by atoms with Gasteiger partial charge in [0.25, 0.3) is 0 Å². The first-order valence-corrected chi connectivity index (χ1v) is 11.0. The predicted octanol–water partition coefficient (Wildman–Crippen LogP) is 4.25. The molecule has 180 valence electrons. The number of esters is 1. The molecule has 33 heavy (non-hydrogen) atoms. The minimum atomic E-state index is -4.54. The van der Waals surface area contributed by atoms with E-state index < -0.39 is 17.5 Å². The van der Waals surface area contributed by atoms with Crippen molar-refractivity contribution >= 4 is 11.8 Å². The molecule has 1 aromatic heterocycles. The average molecular weight is 467 g/mol. The Hall–Kier alpha value is -2.88. The van der Waals surface area contributed by atoms with Gasteiger partial charge in [-0.15, -0.1) is 10.2 Å². The minimum Gasteiger partial charge on any atom is -0.507 e. The van der Waals surface area contributed by atoms with Crippen LogP contribution in [0.2, 0.25) is 0 Å². The van der Waals surface area contributed by atoms with E-state index in [4.69, 9.17) is 4.74 Å². The Labute approximate surface area is 191 Å². The summed E-state index contributed by atoms with van der Waals surface area (Å²) in [5.41, 5.74) is 0.259. The molecule has 7 nitrogen and oxygen atoms in total. The standard InChI is InChI=1S/C23H29F3N4O3/c1-4-33-22(32)15(3)12-30-9-5-6-17(13-30)27-20-10-14(2)21(29-28-20)18-8-7-16(11-19(18)31)23(24,25)26/h7-8,10-11,15,17,31H,4-6,9,12-13H2,1-3H3,(H,27,28)/t15-,17+/m0/s1. The Morgan fingerprint density at radius 3 is 2.73 bits per heavy atom. The largest absolute Gasteiger partial charge is 0.507 e.